The standard InChI is InChI=1S/C17H19ClFN/c18-16-11-5-9-14(17(16)19)12-15(20)10-4-8-13-6-2-1-3-7-13/h1-3,5-7,9,11,15H,4,8,10,12,20H2. The van der Waals surface area contributed by atoms with Gasteiger partial charge in [-0.3, -0.25) is 0 Å². The van der Waals surface area contributed by atoms with Crippen LogP contribution >= 0.6 is 11.6 Å². The first-order valence-corrected chi connectivity index (χ1v) is 7.27. The fraction of sp³-hybridized carbons (Fsp3) is 0.294. The minimum absolute atomic E-state index is 0.0355. The van der Waals surface area contributed by atoms with Gasteiger partial charge in [0.1, 0.15) is 5.82 Å². The Balaban J connectivity index is 1.81. The molecule has 0 saturated heterocycles. The maximum Gasteiger partial charge on any atom is 0.145 e. The third-order valence-electron chi connectivity index (χ3n) is 3.40. The second kappa shape index (κ2) is 7.41. The first-order valence-electron chi connectivity index (χ1n) is 6.89. The molecule has 3 heteroatoms. The van der Waals surface area contributed by atoms with Crippen molar-refractivity contribution in [2.75, 3.05) is 0 Å². The van der Waals surface area contributed by atoms with Crippen molar-refractivity contribution in [1.29, 1.82) is 0 Å². The van der Waals surface area contributed by atoms with Gasteiger partial charge in [0.2, 0.25) is 0 Å². The van der Waals surface area contributed by atoms with Gasteiger partial charge in [0.05, 0.1) is 5.02 Å². The lowest BCUT2D eigenvalue weighted by molar-refractivity contribution is 0.551. The second-order valence-electron chi connectivity index (χ2n) is 5.05. The molecule has 0 fully saturated rings. The Morgan fingerprint density at radius 3 is 2.55 bits per heavy atom. The predicted molar refractivity (Wildman–Crippen MR) is 82.5 cm³/mol. The largest absolute Gasteiger partial charge is 0.327 e. The Morgan fingerprint density at radius 2 is 1.80 bits per heavy atom. The maximum atomic E-state index is 13.8. The van der Waals surface area contributed by atoms with Crippen LogP contribution in [0, 0.1) is 5.82 Å². The summed E-state index contributed by atoms with van der Waals surface area (Å²) in [6, 6.07) is 15.3. The van der Waals surface area contributed by atoms with E-state index in [2.05, 4.69) is 12.1 Å². The molecule has 106 valence electrons. The van der Waals surface area contributed by atoms with E-state index in [0.29, 0.717) is 12.0 Å². The Labute approximate surface area is 124 Å². The van der Waals surface area contributed by atoms with Crippen LogP contribution in [0.5, 0.6) is 0 Å². The number of nitrogens with two attached hydrogens (primary N) is 1. The van der Waals surface area contributed by atoms with Crippen molar-refractivity contribution >= 4 is 11.6 Å². The topological polar surface area (TPSA) is 26.0 Å². The summed E-state index contributed by atoms with van der Waals surface area (Å²) in [5.41, 5.74) is 7.99. The lowest BCUT2D eigenvalue weighted by atomic mass is 9.99. The van der Waals surface area contributed by atoms with Gasteiger partial charge in [0.25, 0.3) is 0 Å². The highest BCUT2D eigenvalue weighted by Gasteiger charge is 2.10. The summed E-state index contributed by atoms with van der Waals surface area (Å²) in [4.78, 5) is 0. The van der Waals surface area contributed by atoms with E-state index >= 15 is 0 Å². The van der Waals surface area contributed by atoms with Crippen molar-refractivity contribution in [3.8, 4) is 0 Å². The van der Waals surface area contributed by atoms with Gasteiger partial charge in [0, 0.05) is 6.04 Å². The molecule has 0 aliphatic rings. The van der Waals surface area contributed by atoms with Crippen LogP contribution in [0.4, 0.5) is 4.39 Å². The highest BCUT2D eigenvalue weighted by atomic mass is 35.5. The van der Waals surface area contributed by atoms with Crippen molar-refractivity contribution in [2.24, 2.45) is 5.73 Å². The molecule has 0 amide bonds. The zero-order valence-corrected chi connectivity index (χ0v) is 12.1. The third kappa shape index (κ3) is 4.32. The normalized spacial score (nSPS) is 12.3. The van der Waals surface area contributed by atoms with E-state index in [1.165, 1.54) is 5.56 Å². The van der Waals surface area contributed by atoms with Crippen LogP contribution < -0.4 is 5.73 Å². The zero-order valence-electron chi connectivity index (χ0n) is 11.4. The van der Waals surface area contributed by atoms with Crippen LogP contribution in [0.3, 0.4) is 0 Å². The summed E-state index contributed by atoms with van der Waals surface area (Å²) in [6.07, 6.45) is 3.42. The molecule has 2 aromatic rings. The lowest BCUT2D eigenvalue weighted by Gasteiger charge is -2.12. The Kier molecular flexibility index (Phi) is 5.57. The first-order chi connectivity index (χ1) is 9.66. The van der Waals surface area contributed by atoms with Crippen molar-refractivity contribution in [3.63, 3.8) is 0 Å². The molecule has 0 aliphatic carbocycles. The molecule has 2 N–H and O–H groups in total. The lowest BCUT2D eigenvalue weighted by Crippen LogP contribution is -2.23. The van der Waals surface area contributed by atoms with Crippen LogP contribution in [0.25, 0.3) is 0 Å². The van der Waals surface area contributed by atoms with Gasteiger partial charge >= 0.3 is 0 Å². The minimum Gasteiger partial charge on any atom is -0.327 e. The van der Waals surface area contributed by atoms with E-state index in [1.807, 2.05) is 18.2 Å². The van der Waals surface area contributed by atoms with Crippen molar-refractivity contribution < 1.29 is 4.39 Å². The third-order valence-corrected chi connectivity index (χ3v) is 3.69. The molecule has 0 heterocycles. The zero-order chi connectivity index (χ0) is 14.4. The van der Waals surface area contributed by atoms with Crippen molar-refractivity contribution in [2.45, 2.75) is 31.7 Å². The number of halogens is 2. The van der Waals surface area contributed by atoms with Gasteiger partial charge in [0.15, 0.2) is 0 Å². The molecule has 2 aromatic carbocycles. The molecule has 0 bridgehead atoms. The van der Waals surface area contributed by atoms with Gasteiger partial charge in [-0.25, -0.2) is 4.39 Å². The average Bonchev–Trinajstić information content (AvgIpc) is 2.45. The summed E-state index contributed by atoms with van der Waals surface area (Å²) in [5.74, 6) is -0.340. The molecule has 2 rings (SSSR count). The van der Waals surface area contributed by atoms with Crippen LogP contribution in [-0.4, -0.2) is 6.04 Å². The van der Waals surface area contributed by atoms with Crippen LogP contribution in [-0.2, 0) is 12.8 Å². The Bertz CT molecular complexity index is 542. The Hall–Kier alpha value is -1.38. The molecular formula is C17H19ClFN. The molecular weight excluding hydrogens is 273 g/mol. The predicted octanol–water partition coefficient (Wildman–Crippen LogP) is 4.37. The quantitative estimate of drug-likeness (QED) is 0.840. The summed E-state index contributed by atoms with van der Waals surface area (Å²) >= 11 is 5.77. The van der Waals surface area contributed by atoms with Crippen LogP contribution in [0.15, 0.2) is 48.5 Å². The van der Waals surface area contributed by atoms with Crippen LogP contribution in [0.2, 0.25) is 5.02 Å². The highest BCUT2D eigenvalue weighted by molar-refractivity contribution is 6.30. The second-order valence-corrected chi connectivity index (χ2v) is 5.46. The molecule has 1 atom stereocenters. The van der Waals surface area contributed by atoms with E-state index < -0.39 is 0 Å². The molecule has 0 radical (unpaired) electrons. The molecule has 1 nitrogen and oxygen atoms in total. The monoisotopic (exact) mass is 291 g/mol. The summed E-state index contributed by atoms with van der Waals surface area (Å²) < 4.78 is 13.8. The van der Waals surface area contributed by atoms with Crippen molar-refractivity contribution in [3.05, 3.63) is 70.5 Å². The highest BCUT2D eigenvalue weighted by Crippen LogP contribution is 2.19. The molecule has 20 heavy (non-hydrogen) atoms. The number of aryl methyl sites for hydroxylation is 1. The molecule has 0 saturated carbocycles. The summed E-state index contributed by atoms with van der Waals surface area (Å²) in [6.45, 7) is 0. The van der Waals surface area contributed by atoms with Crippen molar-refractivity contribution in [1.82, 2.24) is 0 Å². The first kappa shape index (κ1) is 15.0. The van der Waals surface area contributed by atoms with E-state index in [-0.39, 0.29) is 16.9 Å². The van der Waals surface area contributed by atoms with Gasteiger partial charge < -0.3 is 5.73 Å². The van der Waals surface area contributed by atoms with Gasteiger partial charge in [-0.15, -0.1) is 0 Å². The average molecular weight is 292 g/mol. The number of benzene rings is 2. The minimum atomic E-state index is -0.340. The van der Waals surface area contributed by atoms with Gasteiger partial charge in [-0.05, 0) is 42.9 Å². The number of hydrogen-bond acceptors (Lipinski definition) is 1. The molecule has 0 aromatic heterocycles. The maximum absolute atomic E-state index is 13.8. The van der Waals surface area contributed by atoms with E-state index in [1.54, 1.807) is 18.2 Å². The summed E-state index contributed by atoms with van der Waals surface area (Å²) in [7, 11) is 0. The molecule has 0 spiro atoms. The smallest absolute Gasteiger partial charge is 0.145 e. The van der Waals surface area contributed by atoms with Gasteiger partial charge in [-0.1, -0.05) is 54.1 Å². The number of rotatable bonds is 6. The van der Waals surface area contributed by atoms with Crippen LogP contribution in [0.1, 0.15) is 24.0 Å². The van der Waals surface area contributed by atoms with Gasteiger partial charge in [-0.2, -0.15) is 0 Å². The molecule has 0 aliphatic heterocycles. The fourth-order valence-electron chi connectivity index (χ4n) is 2.30. The summed E-state index contributed by atoms with van der Waals surface area (Å²) in [5, 5.41) is 0.166. The fourth-order valence-corrected chi connectivity index (χ4v) is 2.50. The van der Waals surface area contributed by atoms with E-state index in [9.17, 15) is 4.39 Å². The Morgan fingerprint density at radius 1 is 1.05 bits per heavy atom. The number of hydrogen-bond donors (Lipinski definition) is 1. The van der Waals surface area contributed by atoms with E-state index in [4.69, 9.17) is 17.3 Å². The molecule has 1 unspecified atom stereocenters. The van der Waals surface area contributed by atoms with E-state index in [0.717, 1.165) is 19.3 Å². The SMILES string of the molecule is NC(CCCc1ccccc1)Cc1cccc(Cl)c1F.